The average molecular weight is 360 g/mol. The van der Waals surface area contributed by atoms with Crippen molar-refractivity contribution in [2.24, 2.45) is 5.73 Å². The van der Waals surface area contributed by atoms with E-state index < -0.39 is 15.9 Å². The van der Waals surface area contributed by atoms with Gasteiger partial charge in [-0.15, -0.1) is 0 Å². The zero-order chi connectivity index (χ0) is 17.9. The highest BCUT2D eigenvalue weighted by molar-refractivity contribution is 7.90. The van der Waals surface area contributed by atoms with Crippen LogP contribution in [0.25, 0.3) is 0 Å². The van der Waals surface area contributed by atoms with Crippen LogP contribution in [0, 0.1) is 0 Å². The average Bonchev–Trinajstić information content (AvgIpc) is 3.26. The fraction of sp³-hybridized carbons (Fsp3) is 0.294. The highest BCUT2D eigenvalue weighted by atomic mass is 32.2. The molecule has 8 heteroatoms. The van der Waals surface area contributed by atoms with Gasteiger partial charge < -0.3 is 14.8 Å². The van der Waals surface area contributed by atoms with Crippen molar-refractivity contribution in [2.75, 3.05) is 12.0 Å². The molecule has 2 heterocycles. The van der Waals surface area contributed by atoms with E-state index in [4.69, 9.17) is 10.3 Å². The lowest BCUT2D eigenvalue weighted by molar-refractivity contribution is 0.346. The second-order valence-electron chi connectivity index (χ2n) is 5.96. The van der Waals surface area contributed by atoms with Crippen molar-refractivity contribution in [3.8, 4) is 0 Å². The summed E-state index contributed by atoms with van der Waals surface area (Å²) in [5, 5.41) is 4.08. The maximum Gasteiger partial charge on any atom is 0.243 e. The van der Waals surface area contributed by atoms with Crippen molar-refractivity contribution in [3.05, 3.63) is 72.1 Å². The molecule has 0 saturated carbocycles. The topological polar surface area (TPSA) is 104 Å². The third kappa shape index (κ3) is 4.34. The van der Waals surface area contributed by atoms with Crippen molar-refractivity contribution in [1.29, 1.82) is 0 Å². The normalized spacial score (nSPS) is 14.3. The summed E-state index contributed by atoms with van der Waals surface area (Å²) in [6.07, 6.45) is 5.27. The summed E-state index contributed by atoms with van der Waals surface area (Å²) in [4.78, 5) is 4.43. The molecule has 3 rings (SSSR count). The molecule has 132 valence electrons. The predicted octanol–water partition coefficient (Wildman–Crippen LogP) is 1.94. The molecule has 7 nitrogen and oxygen atoms in total. The van der Waals surface area contributed by atoms with Crippen LogP contribution in [-0.2, 0) is 9.84 Å². The fourth-order valence-corrected chi connectivity index (χ4v) is 3.27. The van der Waals surface area contributed by atoms with Gasteiger partial charge in [0, 0.05) is 18.6 Å². The second kappa shape index (κ2) is 7.20. The highest BCUT2D eigenvalue weighted by Gasteiger charge is 2.24. The first kappa shape index (κ1) is 17.4. The van der Waals surface area contributed by atoms with E-state index in [-0.39, 0.29) is 24.1 Å². The molecule has 0 spiro atoms. The van der Waals surface area contributed by atoms with E-state index in [0.717, 1.165) is 5.56 Å². The molecule has 0 aliphatic rings. The Morgan fingerprint density at radius 3 is 2.48 bits per heavy atom. The lowest BCUT2D eigenvalue weighted by Crippen LogP contribution is -2.17. The van der Waals surface area contributed by atoms with Crippen molar-refractivity contribution >= 4 is 9.84 Å². The molecule has 2 atom stereocenters. The van der Waals surface area contributed by atoms with Gasteiger partial charge in [-0.1, -0.05) is 35.5 Å². The molecular weight excluding hydrogens is 340 g/mol. The van der Waals surface area contributed by atoms with Crippen LogP contribution in [-0.4, -0.2) is 35.1 Å². The Morgan fingerprint density at radius 1 is 1.16 bits per heavy atom. The molecular formula is C17H20N4O3S. The summed E-state index contributed by atoms with van der Waals surface area (Å²) in [6, 6.07) is 12.8. The van der Waals surface area contributed by atoms with E-state index in [1.54, 1.807) is 0 Å². The number of rotatable bonds is 7. The van der Waals surface area contributed by atoms with Crippen LogP contribution in [0.2, 0.25) is 0 Å². The molecule has 0 aliphatic carbocycles. The Bertz CT molecular complexity index is 905. The van der Waals surface area contributed by atoms with Gasteiger partial charge in [-0.05, 0) is 24.1 Å². The molecule has 0 amide bonds. The maximum atomic E-state index is 11.3. The first-order chi connectivity index (χ1) is 11.9. The van der Waals surface area contributed by atoms with Gasteiger partial charge in [0.05, 0.1) is 11.8 Å². The van der Waals surface area contributed by atoms with Crippen LogP contribution >= 0.6 is 0 Å². The molecule has 2 N–H and O–H groups in total. The highest BCUT2D eigenvalue weighted by Crippen LogP contribution is 2.25. The van der Waals surface area contributed by atoms with Gasteiger partial charge in [-0.3, -0.25) is 0 Å². The number of nitrogens with two attached hydrogens (primary N) is 1. The van der Waals surface area contributed by atoms with Gasteiger partial charge in [0.15, 0.2) is 5.82 Å². The molecule has 0 radical (unpaired) electrons. The van der Waals surface area contributed by atoms with E-state index in [1.165, 1.54) is 6.26 Å². The van der Waals surface area contributed by atoms with Gasteiger partial charge in [0.2, 0.25) is 5.89 Å². The molecule has 1 aromatic carbocycles. The fourth-order valence-electron chi connectivity index (χ4n) is 2.58. The molecule has 0 unspecified atom stereocenters. The number of benzene rings is 1. The second-order valence-corrected chi connectivity index (χ2v) is 8.22. The molecule has 0 fully saturated rings. The van der Waals surface area contributed by atoms with Gasteiger partial charge >= 0.3 is 0 Å². The standard InChI is InChI=1S/C17H20N4O3S/c1-25(22,23)12-9-14(18)17-19-16(20-24-17)15(21-10-5-6-11-21)13-7-3-2-4-8-13/h2-8,10-11,14-15H,9,12,18H2,1H3/t14-,15-/m1/s1. The molecule has 0 aliphatic heterocycles. The number of aromatic nitrogens is 3. The summed E-state index contributed by atoms with van der Waals surface area (Å²) < 4.78 is 29.9. The van der Waals surface area contributed by atoms with Crippen LogP contribution in [0.15, 0.2) is 59.4 Å². The lowest BCUT2D eigenvalue weighted by Gasteiger charge is -2.15. The van der Waals surface area contributed by atoms with Crippen LogP contribution in [0.5, 0.6) is 0 Å². The Morgan fingerprint density at radius 2 is 1.84 bits per heavy atom. The number of sulfone groups is 1. The summed E-state index contributed by atoms with van der Waals surface area (Å²) in [5.41, 5.74) is 7.02. The Balaban J connectivity index is 1.87. The molecule has 2 aromatic heterocycles. The first-order valence-corrected chi connectivity index (χ1v) is 9.94. The number of hydrogen-bond donors (Lipinski definition) is 1. The largest absolute Gasteiger partial charge is 0.339 e. The van der Waals surface area contributed by atoms with Crippen molar-refractivity contribution in [2.45, 2.75) is 18.5 Å². The zero-order valence-corrected chi connectivity index (χ0v) is 14.6. The lowest BCUT2D eigenvalue weighted by atomic mass is 10.1. The smallest absolute Gasteiger partial charge is 0.243 e. The summed E-state index contributed by atoms with van der Waals surface area (Å²) in [5.74, 6) is 0.699. The quantitative estimate of drug-likeness (QED) is 0.690. The van der Waals surface area contributed by atoms with Gasteiger partial charge in [0.25, 0.3) is 0 Å². The van der Waals surface area contributed by atoms with Crippen LogP contribution in [0.3, 0.4) is 0 Å². The summed E-state index contributed by atoms with van der Waals surface area (Å²) in [6.45, 7) is 0. The third-order valence-corrected chi connectivity index (χ3v) is 4.84. The molecule has 25 heavy (non-hydrogen) atoms. The minimum Gasteiger partial charge on any atom is -0.339 e. The number of hydrogen-bond acceptors (Lipinski definition) is 6. The Labute approximate surface area is 146 Å². The molecule has 0 bridgehead atoms. The zero-order valence-electron chi connectivity index (χ0n) is 13.8. The van der Waals surface area contributed by atoms with Crippen molar-refractivity contribution in [1.82, 2.24) is 14.7 Å². The third-order valence-electron chi connectivity index (χ3n) is 3.86. The monoisotopic (exact) mass is 360 g/mol. The summed E-state index contributed by atoms with van der Waals surface area (Å²) >= 11 is 0. The molecule has 0 saturated heterocycles. The number of nitrogens with zero attached hydrogens (tertiary/aromatic N) is 3. The minimum absolute atomic E-state index is 0.0222. The van der Waals surface area contributed by atoms with Gasteiger partial charge in [0.1, 0.15) is 15.9 Å². The van der Waals surface area contributed by atoms with Crippen LogP contribution in [0.1, 0.15) is 35.8 Å². The maximum absolute atomic E-state index is 11.3. The van der Waals surface area contributed by atoms with E-state index in [1.807, 2.05) is 59.4 Å². The van der Waals surface area contributed by atoms with E-state index in [2.05, 4.69) is 10.1 Å². The van der Waals surface area contributed by atoms with Gasteiger partial charge in [-0.2, -0.15) is 4.98 Å². The van der Waals surface area contributed by atoms with Crippen LogP contribution in [0.4, 0.5) is 0 Å². The first-order valence-electron chi connectivity index (χ1n) is 7.88. The summed E-state index contributed by atoms with van der Waals surface area (Å²) in [7, 11) is -3.09. The SMILES string of the molecule is CS(=O)(=O)CC[C@@H](N)c1nc([C@@H](c2ccccc2)n2cccc2)no1. The Hall–Kier alpha value is -2.45. The van der Waals surface area contributed by atoms with E-state index >= 15 is 0 Å². The van der Waals surface area contributed by atoms with E-state index in [9.17, 15) is 8.42 Å². The van der Waals surface area contributed by atoms with Crippen molar-refractivity contribution < 1.29 is 12.9 Å². The minimum atomic E-state index is -3.09. The van der Waals surface area contributed by atoms with E-state index in [0.29, 0.717) is 5.82 Å². The van der Waals surface area contributed by atoms with Crippen LogP contribution < -0.4 is 5.73 Å². The predicted molar refractivity (Wildman–Crippen MR) is 93.7 cm³/mol. The Kier molecular flexibility index (Phi) is 5.00. The van der Waals surface area contributed by atoms with Crippen molar-refractivity contribution in [3.63, 3.8) is 0 Å². The van der Waals surface area contributed by atoms with Gasteiger partial charge in [-0.25, -0.2) is 8.42 Å². The molecule has 3 aromatic rings.